The van der Waals surface area contributed by atoms with Crippen molar-refractivity contribution < 1.29 is 4.79 Å². The summed E-state index contributed by atoms with van der Waals surface area (Å²) in [5, 5.41) is 5.53. The third-order valence-corrected chi connectivity index (χ3v) is 4.73. The number of hydrogen-bond donors (Lipinski definition) is 2. The molecule has 0 aliphatic carbocycles. The van der Waals surface area contributed by atoms with Crippen LogP contribution in [0.2, 0.25) is 0 Å². The van der Waals surface area contributed by atoms with Crippen LogP contribution in [0.15, 0.2) is 29.9 Å². The molecule has 0 saturated carbocycles. The van der Waals surface area contributed by atoms with Crippen molar-refractivity contribution >= 4 is 22.4 Å². The number of hydrogen-bond acceptors (Lipinski definition) is 6. The number of carbonyl (C=O) groups excluding carboxylic acids is 1. The van der Waals surface area contributed by atoms with Gasteiger partial charge in [0.05, 0.1) is 5.69 Å². The maximum absolute atomic E-state index is 12.7. The number of nitrogens with zero attached hydrogens (tertiary/aromatic N) is 3. The largest absolute Gasteiger partial charge is 0.375 e. The monoisotopic (exact) mass is 331 g/mol. The van der Waals surface area contributed by atoms with Gasteiger partial charge in [-0.3, -0.25) is 14.7 Å². The Kier molecular flexibility index (Phi) is 5.19. The minimum absolute atomic E-state index is 0.0306. The highest BCUT2D eigenvalue weighted by atomic mass is 32.1. The quantitative estimate of drug-likeness (QED) is 0.840. The molecule has 0 radical (unpaired) electrons. The first-order valence-corrected chi connectivity index (χ1v) is 8.73. The first-order chi connectivity index (χ1) is 11.2. The molecule has 1 aliphatic rings. The predicted molar refractivity (Wildman–Crippen MR) is 91.0 cm³/mol. The number of anilines is 1. The minimum atomic E-state index is -0.258. The fourth-order valence-corrected chi connectivity index (χ4v) is 3.51. The smallest absolute Gasteiger partial charge is 0.242 e. The van der Waals surface area contributed by atoms with E-state index in [1.165, 1.54) is 11.3 Å². The maximum atomic E-state index is 12.7. The number of nitrogens with one attached hydrogen (secondary N) is 1. The highest BCUT2D eigenvalue weighted by Crippen LogP contribution is 2.24. The van der Waals surface area contributed by atoms with E-state index in [1.807, 2.05) is 17.5 Å². The lowest BCUT2D eigenvalue weighted by Crippen LogP contribution is -2.40. The summed E-state index contributed by atoms with van der Waals surface area (Å²) in [5.41, 5.74) is 7.50. The fraction of sp³-hybridized carbons (Fsp3) is 0.438. The third-order valence-electron chi connectivity index (χ3n) is 4.00. The molecule has 0 aromatic carbocycles. The molecule has 122 valence electrons. The van der Waals surface area contributed by atoms with Crippen LogP contribution in [0.3, 0.4) is 0 Å². The molecule has 7 heteroatoms. The first kappa shape index (κ1) is 15.9. The molecule has 3 N–H and O–H groups in total. The summed E-state index contributed by atoms with van der Waals surface area (Å²) in [7, 11) is 0. The van der Waals surface area contributed by atoms with Gasteiger partial charge in [0, 0.05) is 30.7 Å². The van der Waals surface area contributed by atoms with Gasteiger partial charge in [0.15, 0.2) is 5.13 Å². The maximum Gasteiger partial charge on any atom is 0.242 e. The van der Waals surface area contributed by atoms with Crippen LogP contribution in [-0.4, -0.2) is 40.4 Å². The Labute approximate surface area is 139 Å². The van der Waals surface area contributed by atoms with Crippen LogP contribution in [0, 0.1) is 0 Å². The van der Waals surface area contributed by atoms with Gasteiger partial charge >= 0.3 is 0 Å². The van der Waals surface area contributed by atoms with Gasteiger partial charge in [-0.05, 0) is 37.6 Å². The van der Waals surface area contributed by atoms with Crippen molar-refractivity contribution in [1.82, 2.24) is 20.2 Å². The molecule has 6 nitrogen and oxygen atoms in total. The van der Waals surface area contributed by atoms with Gasteiger partial charge in [0.1, 0.15) is 6.04 Å². The number of carbonyl (C=O) groups is 1. The van der Waals surface area contributed by atoms with Gasteiger partial charge in [-0.15, -0.1) is 11.3 Å². The standard InChI is InChI=1S/C16H21N5OS/c17-16-20-13(11-23-16)5-7-19-15(22)14(21-8-1-2-9-21)12-4-3-6-18-10-12/h3-4,6,10-11,14H,1-2,5,7-9H2,(H2,17,20)(H,19,22)/t14-/m1/s1. The molecule has 0 bridgehead atoms. The van der Waals surface area contributed by atoms with Crippen molar-refractivity contribution in [3.8, 4) is 0 Å². The van der Waals surface area contributed by atoms with E-state index in [1.54, 1.807) is 12.4 Å². The van der Waals surface area contributed by atoms with Gasteiger partial charge in [0.25, 0.3) is 0 Å². The second-order valence-electron chi connectivity index (χ2n) is 5.65. The highest BCUT2D eigenvalue weighted by Gasteiger charge is 2.29. The summed E-state index contributed by atoms with van der Waals surface area (Å²) in [6, 6.07) is 3.59. The molecule has 1 saturated heterocycles. The molecule has 23 heavy (non-hydrogen) atoms. The molecule has 1 aliphatic heterocycles. The van der Waals surface area contributed by atoms with E-state index in [2.05, 4.69) is 20.2 Å². The molecule has 3 rings (SSSR count). The third kappa shape index (κ3) is 4.05. The normalized spacial score (nSPS) is 16.3. The topological polar surface area (TPSA) is 84.1 Å². The zero-order valence-corrected chi connectivity index (χ0v) is 13.8. The van der Waals surface area contributed by atoms with Crippen LogP contribution >= 0.6 is 11.3 Å². The number of thiazole rings is 1. The summed E-state index contributed by atoms with van der Waals surface area (Å²) in [4.78, 5) is 23.3. The van der Waals surface area contributed by atoms with Gasteiger partial charge in [-0.2, -0.15) is 0 Å². The SMILES string of the molecule is Nc1nc(CCNC(=O)[C@@H](c2cccnc2)N2CCCC2)cs1. The van der Waals surface area contributed by atoms with Crippen LogP contribution in [0.25, 0.3) is 0 Å². The Bertz CT molecular complexity index is 639. The molecular formula is C16H21N5OS. The Balaban J connectivity index is 1.63. The van der Waals surface area contributed by atoms with E-state index in [4.69, 9.17) is 5.73 Å². The molecule has 3 heterocycles. The number of nitrogens with two attached hydrogens (primary N) is 1. The van der Waals surface area contributed by atoms with Gasteiger partial charge in [-0.25, -0.2) is 4.98 Å². The number of amides is 1. The molecule has 0 spiro atoms. The molecule has 1 fully saturated rings. The number of pyridine rings is 1. The van der Waals surface area contributed by atoms with Crippen LogP contribution in [-0.2, 0) is 11.2 Å². The molecule has 0 unspecified atom stereocenters. The average molecular weight is 331 g/mol. The zero-order chi connectivity index (χ0) is 16.1. The van der Waals surface area contributed by atoms with Crippen molar-refractivity contribution in [2.75, 3.05) is 25.4 Å². The predicted octanol–water partition coefficient (Wildman–Crippen LogP) is 1.62. The molecule has 1 amide bonds. The zero-order valence-electron chi connectivity index (χ0n) is 12.9. The summed E-state index contributed by atoms with van der Waals surface area (Å²) in [6.45, 7) is 2.47. The van der Waals surface area contributed by atoms with Crippen LogP contribution in [0.4, 0.5) is 5.13 Å². The lowest BCUT2D eigenvalue weighted by molar-refractivity contribution is -0.126. The lowest BCUT2D eigenvalue weighted by Gasteiger charge is -2.26. The van der Waals surface area contributed by atoms with Crippen molar-refractivity contribution in [3.05, 3.63) is 41.2 Å². The summed E-state index contributed by atoms with van der Waals surface area (Å²) < 4.78 is 0. The van der Waals surface area contributed by atoms with Crippen molar-refractivity contribution in [3.63, 3.8) is 0 Å². The Morgan fingerprint density at radius 1 is 1.43 bits per heavy atom. The van der Waals surface area contributed by atoms with Crippen molar-refractivity contribution in [2.24, 2.45) is 0 Å². The van der Waals surface area contributed by atoms with E-state index in [0.29, 0.717) is 18.1 Å². The summed E-state index contributed by atoms with van der Waals surface area (Å²) in [5.74, 6) is 0.0306. The number of nitrogen functional groups attached to an aromatic ring is 1. The second kappa shape index (κ2) is 7.52. The highest BCUT2D eigenvalue weighted by molar-refractivity contribution is 7.13. The van der Waals surface area contributed by atoms with E-state index < -0.39 is 0 Å². The molecule has 1 atom stereocenters. The summed E-state index contributed by atoms with van der Waals surface area (Å²) in [6.07, 6.45) is 6.49. The average Bonchev–Trinajstić information content (AvgIpc) is 3.21. The van der Waals surface area contributed by atoms with Crippen LogP contribution in [0.5, 0.6) is 0 Å². The van der Waals surface area contributed by atoms with Crippen molar-refractivity contribution in [2.45, 2.75) is 25.3 Å². The molecular weight excluding hydrogens is 310 g/mol. The van der Waals surface area contributed by atoms with E-state index in [-0.39, 0.29) is 11.9 Å². The Morgan fingerprint density at radius 3 is 2.91 bits per heavy atom. The Morgan fingerprint density at radius 2 is 2.26 bits per heavy atom. The summed E-state index contributed by atoms with van der Waals surface area (Å²) >= 11 is 1.42. The van der Waals surface area contributed by atoms with Gasteiger partial charge in [-0.1, -0.05) is 6.07 Å². The second-order valence-corrected chi connectivity index (χ2v) is 6.54. The number of rotatable bonds is 6. The number of aromatic nitrogens is 2. The van der Waals surface area contributed by atoms with Gasteiger partial charge in [0.2, 0.25) is 5.91 Å². The fourth-order valence-electron chi connectivity index (χ4n) is 2.91. The minimum Gasteiger partial charge on any atom is -0.375 e. The van der Waals surface area contributed by atoms with E-state index in [0.717, 1.165) is 37.2 Å². The van der Waals surface area contributed by atoms with E-state index >= 15 is 0 Å². The van der Waals surface area contributed by atoms with E-state index in [9.17, 15) is 4.79 Å². The van der Waals surface area contributed by atoms with Crippen molar-refractivity contribution in [1.29, 1.82) is 0 Å². The van der Waals surface area contributed by atoms with Crippen LogP contribution in [0.1, 0.15) is 30.1 Å². The molecule has 2 aromatic rings. The number of likely N-dealkylation sites (tertiary alicyclic amines) is 1. The van der Waals surface area contributed by atoms with Gasteiger partial charge < -0.3 is 11.1 Å². The van der Waals surface area contributed by atoms with Crippen LogP contribution < -0.4 is 11.1 Å². The Hall–Kier alpha value is -1.99. The lowest BCUT2D eigenvalue weighted by atomic mass is 10.1. The molecule has 2 aromatic heterocycles. The first-order valence-electron chi connectivity index (χ1n) is 7.85.